The molecule has 0 aliphatic rings. The number of anilines is 2. The molecular formula is C12H19N3O3. The van der Waals surface area contributed by atoms with Crippen LogP contribution in [0.15, 0.2) is 18.2 Å². The van der Waals surface area contributed by atoms with E-state index in [1.165, 1.54) is 0 Å². The van der Waals surface area contributed by atoms with Crippen molar-refractivity contribution in [2.45, 2.75) is 0 Å². The van der Waals surface area contributed by atoms with E-state index in [1.807, 2.05) is 0 Å². The van der Waals surface area contributed by atoms with Crippen LogP contribution in [0.5, 0.6) is 0 Å². The first-order valence-electron chi connectivity index (χ1n) is 5.65. The van der Waals surface area contributed by atoms with E-state index in [2.05, 4.69) is 5.32 Å². The number of hydrogen-bond acceptors (Lipinski definition) is 5. The molecule has 1 amide bonds. The summed E-state index contributed by atoms with van der Waals surface area (Å²) in [4.78, 5) is 11.1. The molecule has 0 radical (unpaired) electrons. The maximum Gasteiger partial charge on any atom is 0.250 e. The maximum atomic E-state index is 11.1. The molecule has 0 bridgehead atoms. The molecule has 100 valence electrons. The molecule has 6 heteroatoms. The maximum absolute atomic E-state index is 11.1. The van der Waals surface area contributed by atoms with Gasteiger partial charge >= 0.3 is 0 Å². The minimum Gasteiger partial charge on any atom is -0.398 e. The number of benzene rings is 1. The highest BCUT2D eigenvalue weighted by molar-refractivity contribution is 5.98. The number of primary amides is 1. The number of nitrogens with one attached hydrogen (secondary N) is 1. The summed E-state index contributed by atoms with van der Waals surface area (Å²) in [6.07, 6.45) is 0. The van der Waals surface area contributed by atoms with Crippen LogP contribution in [0, 0.1) is 0 Å². The lowest BCUT2D eigenvalue weighted by atomic mass is 10.1. The monoisotopic (exact) mass is 253 g/mol. The van der Waals surface area contributed by atoms with Gasteiger partial charge in [-0.1, -0.05) is 0 Å². The Labute approximate surface area is 106 Å². The minimum atomic E-state index is -0.535. The topological polar surface area (TPSA) is 99.6 Å². The van der Waals surface area contributed by atoms with Gasteiger partial charge < -0.3 is 26.3 Å². The lowest BCUT2D eigenvalue weighted by Gasteiger charge is -2.09. The normalized spacial score (nSPS) is 10.3. The van der Waals surface area contributed by atoms with Gasteiger partial charge in [-0.25, -0.2) is 0 Å². The van der Waals surface area contributed by atoms with E-state index in [9.17, 15) is 4.79 Å². The van der Waals surface area contributed by atoms with Gasteiger partial charge in [-0.2, -0.15) is 0 Å². The van der Waals surface area contributed by atoms with Gasteiger partial charge in [0.25, 0.3) is 5.91 Å². The van der Waals surface area contributed by atoms with Crippen LogP contribution in [0.3, 0.4) is 0 Å². The van der Waals surface area contributed by atoms with Gasteiger partial charge in [-0.15, -0.1) is 0 Å². The van der Waals surface area contributed by atoms with Gasteiger partial charge in [0.15, 0.2) is 0 Å². The minimum absolute atomic E-state index is 0.320. The fourth-order valence-electron chi connectivity index (χ4n) is 1.39. The van der Waals surface area contributed by atoms with Gasteiger partial charge in [0.2, 0.25) is 0 Å². The number of amides is 1. The van der Waals surface area contributed by atoms with Crippen molar-refractivity contribution in [2.24, 2.45) is 5.73 Å². The lowest BCUT2D eigenvalue weighted by molar-refractivity contribution is 0.0759. The summed E-state index contributed by atoms with van der Waals surface area (Å²) >= 11 is 0. The van der Waals surface area contributed by atoms with Crippen LogP contribution in [0.2, 0.25) is 0 Å². The highest BCUT2D eigenvalue weighted by atomic mass is 16.5. The molecule has 0 aliphatic carbocycles. The van der Waals surface area contributed by atoms with Crippen LogP contribution in [0.25, 0.3) is 0 Å². The van der Waals surface area contributed by atoms with Crippen LogP contribution >= 0.6 is 0 Å². The Bertz CT molecular complexity index is 396. The molecule has 0 unspecified atom stereocenters. The summed E-state index contributed by atoms with van der Waals surface area (Å²) in [5.74, 6) is -0.535. The number of carbonyl (C=O) groups excluding carboxylic acids is 1. The zero-order valence-corrected chi connectivity index (χ0v) is 10.4. The molecule has 6 nitrogen and oxygen atoms in total. The average molecular weight is 253 g/mol. The van der Waals surface area contributed by atoms with Gasteiger partial charge in [-0.3, -0.25) is 4.79 Å². The Morgan fingerprint density at radius 3 is 2.78 bits per heavy atom. The van der Waals surface area contributed by atoms with Crippen LogP contribution in [-0.4, -0.2) is 39.4 Å². The van der Waals surface area contributed by atoms with Gasteiger partial charge in [-0.05, 0) is 18.2 Å². The number of nitrogens with two attached hydrogens (primary N) is 2. The zero-order valence-electron chi connectivity index (χ0n) is 10.4. The van der Waals surface area contributed by atoms with Crippen LogP contribution in [0.1, 0.15) is 10.4 Å². The van der Waals surface area contributed by atoms with Crippen molar-refractivity contribution in [3.8, 4) is 0 Å². The molecule has 0 fully saturated rings. The molecular weight excluding hydrogens is 234 g/mol. The van der Waals surface area contributed by atoms with Crippen LogP contribution < -0.4 is 16.8 Å². The molecule has 0 spiro atoms. The Morgan fingerprint density at radius 2 is 2.11 bits per heavy atom. The summed E-state index contributed by atoms with van der Waals surface area (Å²) in [7, 11) is 1.63. The third-order valence-electron chi connectivity index (χ3n) is 2.33. The van der Waals surface area contributed by atoms with E-state index in [0.29, 0.717) is 37.6 Å². The first kappa shape index (κ1) is 14.3. The van der Waals surface area contributed by atoms with Crippen molar-refractivity contribution < 1.29 is 14.3 Å². The molecule has 18 heavy (non-hydrogen) atoms. The largest absolute Gasteiger partial charge is 0.398 e. The number of rotatable bonds is 8. The van der Waals surface area contributed by atoms with Crippen molar-refractivity contribution in [3.05, 3.63) is 23.8 Å². The van der Waals surface area contributed by atoms with Crippen molar-refractivity contribution in [2.75, 3.05) is 44.5 Å². The van der Waals surface area contributed by atoms with E-state index in [4.69, 9.17) is 20.9 Å². The molecule has 0 heterocycles. The van der Waals surface area contributed by atoms with E-state index >= 15 is 0 Å². The molecule has 5 N–H and O–H groups in total. The summed E-state index contributed by atoms with van der Waals surface area (Å²) in [5, 5.41) is 3.11. The molecule has 0 saturated carbocycles. The molecule has 1 aromatic carbocycles. The predicted molar refractivity (Wildman–Crippen MR) is 70.6 cm³/mol. The highest BCUT2D eigenvalue weighted by Crippen LogP contribution is 2.16. The standard InChI is InChI=1S/C12H19N3O3/c1-17-6-7-18-5-4-15-9-2-3-11(13)10(8-9)12(14)16/h2-3,8,15H,4-7,13H2,1H3,(H2,14,16). The van der Waals surface area contributed by atoms with Crippen LogP contribution in [0.4, 0.5) is 11.4 Å². The van der Waals surface area contributed by atoms with Gasteiger partial charge in [0.05, 0.1) is 25.4 Å². The average Bonchev–Trinajstić information content (AvgIpc) is 2.35. The van der Waals surface area contributed by atoms with E-state index in [1.54, 1.807) is 25.3 Å². The Kier molecular flexibility index (Phi) is 5.96. The van der Waals surface area contributed by atoms with E-state index in [0.717, 1.165) is 5.69 Å². The molecule has 1 rings (SSSR count). The smallest absolute Gasteiger partial charge is 0.250 e. The quantitative estimate of drug-likeness (QED) is 0.461. The second-order valence-electron chi connectivity index (χ2n) is 3.70. The summed E-state index contributed by atoms with van der Waals surface area (Å²) in [6.45, 7) is 2.33. The summed E-state index contributed by atoms with van der Waals surface area (Å²) in [6, 6.07) is 5.07. The Hall–Kier alpha value is -1.79. The van der Waals surface area contributed by atoms with E-state index < -0.39 is 5.91 Å². The molecule has 1 aromatic rings. The van der Waals surface area contributed by atoms with Crippen molar-refractivity contribution in [1.29, 1.82) is 0 Å². The third-order valence-corrected chi connectivity index (χ3v) is 2.33. The Balaban J connectivity index is 2.38. The Morgan fingerprint density at radius 1 is 1.33 bits per heavy atom. The van der Waals surface area contributed by atoms with Gasteiger partial charge in [0.1, 0.15) is 0 Å². The number of carbonyl (C=O) groups is 1. The number of methoxy groups -OCH3 is 1. The fraction of sp³-hybridized carbons (Fsp3) is 0.417. The molecule has 0 aliphatic heterocycles. The summed E-state index contributed by atoms with van der Waals surface area (Å²) in [5.41, 5.74) is 12.3. The van der Waals surface area contributed by atoms with Crippen molar-refractivity contribution in [3.63, 3.8) is 0 Å². The predicted octanol–water partition coefficient (Wildman–Crippen LogP) is 0.443. The molecule has 0 saturated heterocycles. The summed E-state index contributed by atoms with van der Waals surface area (Å²) < 4.78 is 10.1. The number of nitrogen functional groups attached to an aromatic ring is 1. The second-order valence-corrected chi connectivity index (χ2v) is 3.70. The SMILES string of the molecule is COCCOCCNc1ccc(N)c(C(N)=O)c1. The molecule has 0 aromatic heterocycles. The first-order chi connectivity index (χ1) is 8.65. The molecule has 0 atom stereocenters. The van der Waals surface area contributed by atoms with Crippen molar-refractivity contribution in [1.82, 2.24) is 0 Å². The zero-order chi connectivity index (χ0) is 13.4. The van der Waals surface area contributed by atoms with E-state index in [-0.39, 0.29) is 0 Å². The van der Waals surface area contributed by atoms with Gasteiger partial charge in [0, 0.05) is 25.0 Å². The fourth-order valence-corrected chi connectivity index (χ4v) is 1.39. The van der Waals surface area contributed by atoms with Crippen molar-refractivity contribution >= 4 is 17.3 Å². The number of ether oxygens (including phenoxy) is 2. The number of hydrogen-bond donors (Lipinski definition) is 3. The lowest BCUT2D eigenvalue weighted by Crippen LogP contribution is -2.15. The first-order valence-corrected chi connectivity index (χ1v) is 5.65. The van der Waals surface area contributed by atoms with Crippen LogP contribution in [-0.2, 0) is 9.47 Å². The second kappa shape index (κ2) is 7.52. The highest BCUT2D eigenvalue weighted by Gasteiger charge is 2.06. The third kappa shape index (κ3) is 4.60.